The van der Waals surface area contributed by atoms with E-state index in [1.54, 1.807) is 24.3 Å². The van der Waals surface area contributed by atoms with Crippen LogP contribution in [0.4, 0.5) is 42.9 Å². The molecule has 0 saturated heterocycles. The second-order valence-corrected chi connectivity index (χ2v) is 30.1. The monoisotopic (exact) mass is 1460 g/mol. The second-order valence-electron chi connectivity index (χ2n) is 30.1. The Morgan fingerprint density at radius 1 is 0.292 bits per heavy atom. The molecular formula is C105H70F2N2O4. The first kappa shape index (κ1) is 66.8. The van der Waals surface area contributed by atoms with Gasteiger partial charge in [0.25, 0.3) is 0 Å². The minimum Gasteiger partial charge on any atom is -0.457 e. The van der Waals surface area contributed by atoms with Crippen LogP contribution in [0.3, 0.4) is 0 Å². The van der Waals surface area contributed by atoms with Crippen LogP contribution in [-0.4, -0.2) is 0 Å². The number of rotatable bonds is 16. The SMILES string of the molecule is C=Cc1ccc(Oc2ccc(C3(c4ccc(F)cc4)c4ccccc4-c4ccc(N(c5ccc6c(c5)C(C)(C)c5cc(N(c7ccc8c(c7)C(c7ccc(F)cc7)(c7ccc(Oc9ccc(C=C)cc9)cc7)c7ccccc7-8)c7cccc8oc9ccccc9c78)ccc5-6)c5cccc6oc7ccccc7c56)cc43)cc2)cc1. The van der Waals surface area contributed by atoms with E-state index in [1.165, 1.54) is 11.1 Å². The highest BCUT2D eigenvalue weighted by Crippen LogP contribution is 2.62. The van der Waals surface area contributed by atoms with Gasteiger partial charge in [0, 0.05) is 38.9 Å². The molecule has 2 atom stereocenters. The summed E-state index contributed by atoms with van der Waals surface area (Å²) in [6, 6.07) is 121. The molecule has 113 heavy (non-hydrogen) atoms. The first-order valence-electron chi connectivity index (χ1n) is 38.2. The largest absolute Gasteiger partial charge is 0.457 e. The van der Waals surface area contributed by atoms with Gasteiger partial charge in [0.1, 0.15) is 57.0 Å². The molecule has 2 aromatic heterocycles. The predicted octanol–water partition coefficient (Wildman–Crippen LogP) is 28.6. The first-order valence-corrected chi connectivity index (χ1v) is 38.2. The molecule has 0 fully saturated rings. The Morgan fingerprint density at radius 2 is 0.593 bits per heavy atom. The van der Waals surface area contributed by atoms with Gasteiger partial charge < -0.3 is 28.1 Å². The lowest BCUT2D eigenvalue weighted by Gasteiger charge is -2.35. The van der Waals surface area contributed by atoms with E-state index < -0.39 is 16.2 Å². The van der Waals surface area contributed by atoms with Crippen molar-refractivity contribution < 1.29 is 27.1 Å². The third kappa shape index (κ3) is 10.4. The van der Waals surface area contributed by atoms with Gasteiger partial charge in [0.2, 0.25) is 0 Å². The molecule has 16 aromatic carbocycles. The molecule has 0 amide bonds. The Morgan fingerprint density at radius 3 is 0.965 bits per heavy atom. The Labute approximate surface area is 652 Å². The van der Waals surface area contributed by atoms with Gasteiger partial charge in [0.15, 0.2) is 0 Å². The summed E-state index contributed by atoms with van der Waals surface area (Å²) in [6.45, 7) is 12.6. The molecule has 2 unspecified atom stereocenters. The minimum atomic E-state index is -0.915. The maximum atomic E-state index is 15.5. The third-order valence-electron chi connectivity index (χ3n) is 23.8. The summed E-state index contributed by atoms with van der Waals surface area (Å²) in [5, 5.41) is 3.97. The van der Waals surface area contributed by atoms with Crippen molar-refractivity contribution in [3.8, 4) is 56.4 Å². The zero-order chi connectivity index (χ0) is 75.8. The molecule has 0 bridgehead atoms. The number of ether oxygens (including phenoxy) is 2. The van der Waals surface area contributed by atoms with Crippen LogP contribution in [0, 0.1) is 11.6 Å². The van der Waals surface area contributed by atoms with Crippen molar-refractivity contribution in [3.05, 3.63) is 443 Å². The van der Waals surface area contributed by atoms with E-state index in [0.29, 0.717) is 23.0 Å². The highest BCUT2D eigenvalue weighted by Gasteiger charge is 2.49. The third-order valence-corrected chi connectivity index (χ3v) is 23.8. The molecule has 0 N–H and O–H groups in total. The molecule has 3 aliphatic rings. The maximum absolute atomic E-state index is 15.5. The molecule has 0 radical (unpaired) electrons. The van der Waals surface area contributed by atoms with E-state index in [0.717, 1.165) is 167 Å². The van der Waals surface area contributed by atoms with Crippen LogP contribution in [0.25, 0.3) is 89.4 Å². The minimum absolute atomic E-state index is 0.313. The van der Waals surface area contributed by atoms with Crippen LogP contribution in [0.1, 0.15) is 80.6 Å². The molecule has 21 rings (SSSR count). The van der Waals surface area contributed by atoms with Gasteiger partial charge in [-0.25, -0.2) is 8.78 Å². The lowest BCUT2D eigenvalue weighted by molar-refractivity contribution is 0.482. The quantitative estimate of drug-likeness (QED) is 0.0961. The zero-order valence-corrected chi connectivity index (χ0v) is 61.8. The first-order chi connectivity index (χ1) is 55.4. The summed E-state index contributed by atoms with van der Waals surface area (Å²) in [7, 11) is 0. The van der Waals surface area contributed by atoms with E-state index in [9.17, 15) is 0 Å². The lowest BCUT2D eigenvalue weighted by atomic mass is 9.67. The fourth-order valence-corrected chi connectivity index (χ4v) is 18.7. The highest BCUT2D eigenvalue weighted by molar-refractivity contribution is 6.15. The van der Waals surface area contributed by atoms with Crippen LogP contribution in [0.2, 0.25) is 0 Å². The van der Waals surface area contributed by atoms with Crippen molar-refractivity contribution in [2.24, 2.45) is 0 Å². The Kier molecular flexibility index (Phi) is 15.3. The van der Waals surface area contributed by atoms with Gasteiger partial charge >= 0.3 is 0 Å². The number of furan rings is 2. The average Bonchev–Trinajstić information content (AvgIpc) is 1.55. The number of benzene rings is 16. The number of nitrogens with zero attached hydrogens (tertiary/aromatic N) is 2. The molecule has 18 aromatic rings. The van der Waals surface area contributed by atoms with Crippen molar-refractivity contribution in [2.75, 3.05) is 9.80 Å². The van der Waals surface area contributed by atoms with Crippen molar-refractivity contribution in [1.29, 1.82) is 0 Å². The Bertz CT molecular complexity index is 6480. The number of hydrogen-bond donors (Lipinski definition) is 0. The van der Waals surface area contributed by atoms with Gasteiger partial charge in [-0.1, -0.05) is 233 Å². The molecule has 3 aliphatic carbocycles. The maximum Gasteiger partial charge on any atom is 0.137 e. The zero-order valence-electron chi connectivity index (χ0n) is 61.8. The summed E-state index contributed by atoms with van der Waals surface area (Å²) < 4.78 is 57.5. The second kappa shape index (κ2) is 25.9. The highest BCUT2D eigenvalue weighted by atomic mass is 19.1. The van der Waals surface area contributed by atoms with E-state index in [2.05, 4.69) is 243 Å². The summed E-state index contributed by atoms with van der Waals surface area (Å²) >= 11 is 0. The van der Waals surface area contributed by atoms with Crippen LogP contribution in [-0.2, 0) is 16.2 Å². The number of hydrogen-bond acceptors (Lipinski definition) is 6. The standard InChI is InChI=1S/C105H70F2N2O4/c1-5-65-29-49-77(50-30-65)110-79-53-37-69(38-54-79)104(67-33-41-71(106)42-34-67)89-21-11-7-17-81(89)85-59-47-75(63-93(85)104)108(95-23-15-27-99-101(95)87-19-9-13-25-97(87)112-99)73-45-57-83-84-58-46-74(62-92(84)103(3,4)91(83)61-73)109(96-24-16-28-100-102(96)88-20-10-14-26-98(88)113-100)76-48-60-86-82-18-8-12-22-90(82)105(94(86)64-76,68-35-43-72(107)44-36-68)70-39-55-80(56-40-70)111-78-51-31-66(6-2)32-52-78/h5-64H,1-2H2,3-4H3. The van der Waals surface area contributed by atoms with Crippen LogP contribution >= 0.6 is 0 Å². The number of anilines is 6. The number of halogens is 2. The summed E-state index contributed by atoms with van der Waals surface area (Å²) in [6.07, 6.45) is 3.64. The van der Waals surface area contributed by atoms with Crippen LogP contribution in [0.15, 0.2) is 374 Å². The van der Waals surface area contributed by atoms with E-state index in [4.69, 9.17) is 18.3 Å². The van der Waals surface area contributed by atoms with Gasteiger partial charge in [-0.2, -0.15) is 0 Å². The fourth-order valence-electron chi connectivity index (χ4n) is 18.7. The van der Waals surface area contributed by atoms with E-state index >= 15 is 8.78 Å². The normalized spacial score (nSPS) is 15.3. The van der Waals surface area contributed by atoms with Crippen molar-refractivity contribution in [3.63, 3.8) is 0 Å². The summed E-state index contributed by atoms with van der Waals surface area (Å²) in [5.74, 6) is 2.18. The fraction of sp³-hybridized carbons (Fsp3) is 0.0476. The Hall–Kier alpha value is -14.3. The van der Waals surface area contributed by atoms with Gasteiger partial charge in [-0.05, 0) is 258 Å². The lowest BCUT2D eigenvalue weighted by Crippen LogP contribution is -2.29. The number of fused-ring (bicyclic) bond motifs is 15. The van der Waals surface area contributed by atoms with E-state index in [-0.39, 0.29) is 11.6 Å². The topological polar surface area (TPSA) is 51.2 Å². The van der Waals surface area contributed by atoms with E-state index in [1.807, 2.05) is 133 Å². The van der Waals surface area contributed by atoms with Gasteiger partial charge in [-0.3, -0.25) is 0 Å². The molecule has 0 spiro atoms. The number of para-hydroxylation sites is 2. The van der Waals surface area contributed by atoms with Gasteiger partial charge in [-0.15, -0.1) is 0 Å². The predicted molar refractivity (Wildman–Crippen MR) is 456 cm³/mol. The molecule has 0 aliphatic heterocycles. The average molecular weight is 1460 g/mol. The van der Waals surface area contributed by atoms with Crippen LogP contribution in [0.5, 0.6) is 23.0 Å². The molecule has 0 saturated carbocycles. The van der Waals surface area contributed by atoms with Crippen molar-refractivity contribution >= 4 is 90.2 Å². The van der Waals surface area contributed by atoms with Gasteiger partial charge in [0.05, 0.1) is 33.0 Å². The molecule has 8 heteroatoms. The molecule has 6 nitrogen and oxygen atoms in total. The molecular weight excluding hydrogens is 1390 g/mol. The van der Waals surface area contributed by atoms with Crippen molar-refractivity contribution in [2.45, 2.75) is 30.1 Å². The van der Waals surface area contributed by atoms with Crippen molar-refractivity contribution in [1.82, 2.24) is 0 Å². The smallest absolute Gasteiger partial charge is 0.137 e. The Balaban J connectivity index is 0.729. The summed E-state index contributed by atoms with van der Waals surface area (Å²) in [4.78, 5) is 4.81. The molecule has 2 heterocycles. The van der Waals surface area contributed by atoms with Crippen LogP contribution < -0.4 is 19.3 Å². The molecule has 538 valence electrons. The summed E-state index contributed by atoms with van der Waals surface area (Å²) in [5.41, 5.74) is 25.5.